The molecule has 1 aliphatic rings. The van der Waals surface area contributed by atoms with E-state index in [1.807, 2.05) is 7.05 Å². The van der Waals surface area contributed by atoms with Crippen molar-refractivity contribution in [3.05, 3.63) is 35.9 Å². The van der Waals surface area contributed by atoms with Gasteiger partial charge in [-0.2, -0.15) is 11.8 Å². The molecule has 128 valence electrons. The van der Waals surface area contributed by atoms with Crippen LogP contribution >= 0.6 is 11.8 Å². The van der Waals surface area contributed by atoms with Gasteiger partial charge in [0.05, 0.1) is 0 Å². The zero-order chi connectivity index (χ0) is 16.5. The normalized spacial score (nSPS) is 19.8. The van der Waals surface area contributed by atoms with Gasteiger partial charge in [-0.15, -0.1) is 0 Å². The number of rotatable bonds is 7. The van der Waals surface area contributed by atoms with E-state index in [1.54, 1.807) is 0 Å². The van der Waals surface area contributed by atoms with Crippen LogP contribution in [0.15, 0.2) is 35.3 Å². The van der Waals surface area contributed by atoms with Crippen molar-refractivity contribution in [1.29, 1.82) is 0 Å². The zero-order valence-corrected chi connectivity index (χ0v) is 15.4. The number of nitrogens with one attached hydrogen (secondary N) is 2. The third kappa shape index (κ3) is 6.43. The first kappa shape index (κ1) is 18.1. The molecule has 0 amide bonds. The molecule has 0 spiro atoms. The number of benzene rings is 1. The molecule has 2 atom stereocenters. The van der Waals surface area contributed by atoms with Crippen LogP contribution in [0.3, 0.4) is 0 Å². The van der Waals surface area contributed by atoms with Gasteiger partial charge in [-0.05, 0) is 44.7 Å². The Hall–Kier alpha value is -1.20. The lowest BCUT2D eigenvalue weighted by atomic mass is 10.1. The fourth-order valence-corrected chi connectivity index (χ4v) is 3.98. The molecule has 1 aromatic carbocycles. The monoisotopic (exact) mass is 334 g/mol. The van der Waals surface area contributed by atoms with Crippen molar-refractivity contribution in [3.63, 3.8) is 0 Å². The third-order valence-corrected chi connectivity index (χ3v) is 5.69. The molecule has 1 aliphatic heterocycles. The summed E-state index contributed by atoms with van der Waals surface area (Å²) in [7, 11) is 6.13. The first-order valence-corrected chi connectivity index (χ1v) is 9.50. The highest BCUT2D eigenvalue weighted by molar-refractivity contribution is 8.00. The molecular formula is C18H30N4S. The van der Waals surface area contributed by atoms with Crippen LogP contribution in [0, 0.1) is 0 Å². The van der Waals surface area contributed by atoms with Crippen LogP contribution in [0.25, 0.3) is 0 Å². The van der Waals surface area contributed by atoms with E-state index in [0.717, 1.165) is 30.7 Å². The Balaban J connectivity index is 1.79. The van der Waals surface area contributed by atoms with Crippen molar-refractivity contribution >= 4 is 17.7 Å². The van der Waals surface area contributed by atoms with Crippen molar-refractivity contribution in [2.75, 3.05) is 40.0 Å². The van der Waals surface area contributed by atoms with E-state index in [0.29, 0.717) is 6.04 Å². The number of likely N-dealkylation sites (N-methyl/N-ethyl adjacent to an activating group) is 1. The first-order valence-electron chi connectivity index (χ1n) is 8.45. The largest absolute Gasteiger partial charge is 0.355 e. The number of nitrogens with zero attached hydrogens (tertiary/aromatic N) is 2. The Kier molecular flexibility index (Phi) is 7.76. The third-order valence-electron chi connectivity index (χ3n) is 4.29. The minimum Gasteiger partial charge on any atom is -0.355 e. The standard InChI is InChI=1S/C18H30N4S/c1-19-18(21-14-17-10-7-11-23-17)20-13-16(22(2)3)12-15-8-5-4-6-9-15/h4-6,8-9,16-17H,7,10-14H2,1-3H3,(H2,19,20,21). The average Bonchev–Trinajstić information content (AvgIpc) is 3.08. The van der Waals surface area contributed by atoms with Crippen LogP contribution in [0.1, 0.15) is 18.4 Å². The summed E-state index contributed by atoms with van der Waals surface area (Å²) in [5.74, 6) is 2.22. The van der Waals surface area contributed by atoms with Crippen molar-refractivity contribution in [3.8, 4) is 0 Å². The highest BCUT2D eigenvalue weighted by Crippen LogP contribution is 2.25. The average molecular weight is 335 g/mol. The predicted octanol–water partition coefficient (Wildman–Crippen LogP) is 2.22. The zero-order valence-electron chi connectivity index (χ0n) is 14.6. The van der Waals surface area contributed by atoms with Gasteiger partial charge in [0.1, 0.15) is 0 Å². The molecule has 0 aliphatic carbocycles. The van der Waals surface area contributed by atoms with Gasteiger partial charge >= 0.3 is 0 Å². The number of aliphatic imine (C=N–C) groups is 1. The summed E-state index contributed by atoms with van der Waals surface area (Å²) in [5, 5.41) is 7.69. The van der Waals surface area contributed by atoms with E-state index >= 15 is 0 Å². The molecule has 0 aromatic heterocycles. The maximum absolute atomic E-state index is 4.35. The lowest BCUT2D eigenvalue weighted by Gasteiger charge is -2.26. The number of hydrogen-bond acceptors (Lipinski definition) is 3. The first-order chi connectivity index (χ1) is 11.2. The lowest BCUT2D eigenvalue weighted by Crippen LogP contribution is -2.47. The van der Waals surface area contributed by atoms with E-state index in [4.69, 9.17) is 0 Å². The molecule has 1 fully saturated rings. The molecule has 2 rings (SSSR count). The lowest BCUT2D eigenvalue weighted by molar-refractivity contribution is 0.290. The number of hydrogen-bond donors (Lipinski definition) is 2. The Morgan fingerprint density at radius 3 is 2.70 bits per heavy atom. The minimum absolute atomic E-state index is 0.441. The Labute approximate surface area is 145 Å². The van der Waals surface area contributed by atoms with E-state index in [9.17, 15) is 0 Å². The van der Waals surface area contributed by atoms with Crippen molar-refractivity contribution in [1.82, 2.24) is 15.5 Å². The number of guanidine groups is 1. The van der Waals surface area contributed by atoms with Crippen LogP contribution in [0.2, 0.25) is 0 Å². The molecule has 5 heteroatoms. The molecule has 1 saturated heterocycles. The summed E-state index contributed by atoms with van der Waals surface area (Å²) < 4.78 is 0. The second kappa shape index (κ2) is 9.83. The fourth-order valence-electron chi connectivity index (χ4n) is 2.77. The minimum atomic E-state index is 0.441. The molecule has 4 nitrogen and oxygen atoms in total. The molecule has 1 aromatic rings. The van der Waals surface area contributed by atoms with Gasteiger partial charge in [-0.1, -0.05) is 30.3 Å². The second-order valence-corrected chi connectivity index (χ2v) is 7.68. The van der Waals surface area contributed by atoms with E-state index < -0.39 is 0 Å². The van der Waals surface area contributed by atoms with Gasteiger partial charge in [-0.25, -0.2) is 0 Å². The fraction of sp³-hybridized carbons (Fsp3) is 0.611. The maximum Gasteiger partial charge on any atom is 0.191 e. The predicted molar refractivity (Wildman–Crippen MR) is 102 cm³/mol. The summed E-state index contributed by atoms with van der Waals surface area (Å²) in [6.07, 6.45) is 3.71. The van der Waals surface area contributed by atoms with Crippen LogP contribution in [0.4, 0.5) is 0 Å². The summed E-state index contributed by atoms with van der Waals surface area (Å²) in [6.45, 7) is 1.90. The smallest absolute Gasteiger partial charge is 0.191 e. The molecule has 0 bridgehead atoms. The van der Waals surface area contributed by atoms with Gasteiger partial charge < -0.3 is 15.5 Å². The topological polar surface area (TPSA) is 39.7 Å². The van der Waals surface area contributed by atoms with Crippen molar-refractivity contribution in [2.45, 2.75) is 30.6 Å². The molecule has 2 unspecified atom stereocenters. The van der Waals surface area contributed by atoms with Crippen LogP contribution in [-0.4, -0.2) is 62.1 Å². The maximum atomic E-state index is 4.35. The molecule has 0 radical (unpaired) electrons. The molecular weight excluding hydrogens is 304 g/mol. The highest BCUT2D eigenvalue weighted by atomic mass is 32.2. The molecule has 1 heterocycles. The van der Waals surface area contributed by atoms with E-state index in [2.05, 4.69) is 76.7 Å². The molecule has 2 N–H and O–H groups in total. The van der Waals surface area contributed by atoms with Crippen LogP contribution in [-0.2, 0) is 6.42 Å². The Morgan fingerprint density at radius 1 is 1.30 bits per heavy atom. The van der Waals surface area contributed by atoms with Gasteiger partial charge in [0.15, 0.2) is 5.96 Å². The van der Waals surface area contributed by atoms with Gasteiger partial charge in [0.25, 0.3) is 0 Å². The quantitative estimate of drug-likeness (QED) is 0.592. The van der Waals surface area contributed by atoms with Gasteiger partial charge in [0.2, 0.25) is 0 Å². The summed E-state index contributed by atoms with van der Waals surface area (Å²) in [6, 6.07) is 11.1. The Morgan fingerprint density at radius 2 is 2.09 bits per heavy atom. The molecule has 23 heavy (non-hydrogen) atoms. The van der Waals surface area contributed by atoms with Crippen LogP contribution < -0.4 is 10.6 Å². The van der Waals surface area contributed by atoms with Gasteiger partial charge in [0, 0.05) is 31.4 Å². The summed E-state index contributed by atoms with van der Waals surface area (Å²) in [5.41, 5.74) is 1.37. The van der Waals surface area contributed by atoms with Gasteiger partial charge in [-0.3, -0.25) is 4.99 Å². The van der Waals surface area contributed by atoms with E-state index in [-0.39, 0.29) is 0 Å². The number of thioether (sulfide) groups is 1. The Bertz CT molecular complexity index is 469. The van der Waals surface area contributed by atoms with Crippen molar-refractivity contribution in [2.24, 2.45) is 4.99 Å². The summed E-state index contributed by atoms with van der Waals surface area (Å²) in [4.78, 5) is 6.63. The van der Waals surface area contributed by atoms with Crippen LogP contribution in [0.5, 0.6) is 0 Å². The van der Waals surface area contributed by atoms with Crippen molar-refractivity contribution < 1.29 is 0 Å². The van der Waals surface area contributed by atoms with E-state index in [1.165, 1.54) is 24.2 Å². The highest BCUT2D eigenvalue weighted by Gasteiger charge is 2.16. The SMILES string of the molecule is CN=C(NCC1CCCS1)NCC(Cc1ccccc1)N(C)C. The molecule has 0 saturated carbocycles. The summed E-state index contributed by atoms with van der Waals surface area (Å²) >= 11 is 2.07. The second-order valence-electron chi connectivity index (χ2n) is 6.28.